The van der Waals surface area contributed by atoms with Gasteiger partial charge in [-0.25, -0.2) is 0 Å². The number of nitrogens with zero attached hydrogens (tertiary/aromatic N) is 1. The number of nitrogens with one attached hydrogen (secondary N) is 1. The van der Waals surface area contributed by atoms with Gasteiger partial charge >= 0.3 is 0 Å². The lowest BCUT2D eigenvalue weighted by molar-refractivity contribution is -0.123. The first-order valence-electron chi connectivity index (χ1n) is 8.86. The Labute approximate surface area is 145 Å². The van der Waals surface area contributed by atoms with Crippen LogP contribution in [-0.2, 0) is 11.2 Å². The molecule has 1 amide bonds. The van der Waals surface area contributed by atoms with Crippen LogP contribution in [0.25, 0.3) is 0 Å². The first-order valence-corrected chi connectivity index (χ1v) is 8.86. The molecular weight excluding hydrogens is 304 g/mol. The van der Waals surface area contributed by atoms with Crippen molar-refractivity contribution in [1.29, 1.82) is 0 Å². The third-order valence-electron chi connectivity index (χ3n) is 4.40. The van der Waals surface area contributed by atoms with Crippen molar-refractivity contribution in [3.8, 4) is 5.75 Å². The minimum atomic E-state index is -0.321. The van der Waals surface area contributed by atoms with Crippen LogP contribution >= 0.6 is 0 Å². The number of β-amino-alcohol motifs (C(OH)–C–C–N with tert-alkyl or cyclic N) is 1. The molecule has 1 saturated heterocycles. The molecule has 0 aromatic heterocycles. The fourth-order valence-corrected chi connectivity index (χ4v) is 2.87. The quantitative estimate of drug-likeness (QED) is 0.799. The van der Waals surface area contributed by atoms with Crippen molar-refractivity contribution in [1.82, 2.24) is 10.2 Å². The smallest absolute Gasteiger partial charge is 0.234 e. The van der Waals surface area contributed by atoms with E-state index in [9.17, 15) is 9.90 Å². The third kappa shape index (κ3) is 6.13. The minimum absolute atomic E-state index is 0.0246. The number of hydrogen-bond acceptors (Lipinski definition) is 4. The third-order valence-corrected chi connectivity index (χ3v) is 4.40. The van der Waals surface area contributed by atoms with Gasteiger partial charge in [-0.05, 0) is 56.8 Å². The molecule has 2 unspecified atom stereocenters. The van der Waals surface area contributed by atoms with Crippen LogP contribution in [0.3, 0.4) is 0 Å². The van der Waals surface area contributed by atoms with Crippen molar-refractivity contribution in [2.24, 2.45) is 5.92 Å². The average Bonchev–Trinajstić information content (AvgIpc) is 2.52. The fourth-order valence-electron chi connectivity index (χ4n) is 2.87. The Morgan fingerprint density at radius 2 is 2.08 bits per heavy atom. The number of aliphatic hydroxyl groups excluding tert-OH is 1. The topological polar surface area (TPSA) is 61.8 Å². The first-order chi connectivity index (χ1) is 11.4. The molecule has 5 nitrogen and oxygen atoms in total. The molecule has 0 spiro atoms. The zero-order valence-corrected chi connectivity index (χ0v) is 15.0. The van der Waals surface area contributed by atoms with E-state index in [1.807, 2.05) is 43.0 Å². The van der Waals surface area contributed by atoms with Gasteiger partial charge in [0.1, 0.15) is 5.75 Å². The number of rotatable bonds is 7. The highest BCUT2D eigenvalue weighted by Crippen LogP contribution is 2.16. The zero-order valence-electron chi connectivity index (χ0n) is 15.0. The number of likely N-dealkylation sites (tertiary alicyclic amines) is 1. The molecule has 1 aromatic carbocycles. The predicted molar refractivity (Wildman–Crippen MR) is 95.1 cm³/mol. The van der Waals surface area contributed by atoms with Gasteiger partial charge in [-0.15, -0.1) is 0 Å². The molecule has 2 atom stereocenters. The predicted octanol–water partition coefficient (Wildman–Crippen LogP) is 1.84. The van der Waals surface area contributed by atoms with E-state index < -0.39 is 0 Å². The Hall–Kier alpha value is -1.59. The molecule has 2 N–H and O–H groups in total. The van der Waals surface area contributed by atoms with E-state index in [1.165, 1.54) is 5.56 Å². The maximum Gasteiger partial charge on any atom is 0.234 e. The highest BCUT2D eigenvalue weighted by molar-refractivity contribution is 5.78. The van der Waals surface area contributed by atoms with Gasteiger partial charge in [0, 0.05) is 13.1 Å². The molecule has 1 heterocycles. The Kier molecular flexibility index (Phi) is 7.06. The van der Waals surface area contributed by atoms with E-state index in [0.29, 0.717) is 25.6 Å². The van der Waals surface area contributed by atoms with Gasteiger partial charge in [0.15, 0.2) is 0 Å². The van der Waals surface area contributed by atoms with Gasteiger partial charge in [0.25, 0.3) is 0 Å². The van der Waals surface area contributed by atoms with Crippen LogP contribution in [0.2, 0.25) is 0 Å². The van der Waals surface area contributed by atoms with Crippen molar-refractivity contribution in [2.45, 2.75) is 45.8 Å². The fraction of sp³-hybridized carbons (Fsp3) is 0.632. The normalized spacial score (nSPS) is 21.7. The number of carbonyl (C=O) groups is 1. The Bertz CT molecular complexity index is 516. The largest absolute Gasteiger partial charge is 0.491 e. The Morgan fingerprint density at radius 3 is 2.71 bits per heavy atom. The van der Waals surface area contributed by atoms with Crippen molar-refractivity contribution < 1.29 is 14.6 Å². The van der Waals surface area contributed by atoms with E-state index in [2.05, 4.69) is 12.2 Å². The molecule has 1 fully saturated rings. The van der Waals surface area contributed by atoms with E-state index in [4.69, 9.17) is 4.74 Å². The minimum Gasteiger partial charge on any atom is -0.491 e. The zero-order chi connectivity index (χ0) is 17.5. The number of benzene rings is 1. The number of hydrogen-bond donors (Lipinski definition) is 2. The molecule has 0 saturated carbocycles. The molecule has 0 radical (unpaired) electrons. The van der Waals surface area contributed by atoms with Gasteiger partial charge in [-0.3, -0.25) is 9.69 Å². The van der Waals surface area contributed by atoms with Crippen LogP contribution in [0.4, 0.5) is 0 Å². The number of carbonyl (C=O) groups excluding carboxylic acids is 1. The van der Waals surface area contributed by atoms with Crippen LogP contribution in [0, 0.1) is 5.92 Å². The Morgan fingerprint density at radius 1 is 1.38 bits per heavy atom. The highest BCUT2D eigenvalue weighted by Gasteiger charge is 2.25. The summed E-state index contributed by atoms with van der Waals surface area (Å²) in [4.78, 5) is 14.0. The van der Waals surface area contributed by atoms with E-state index in [-0.39, 0.29) is 18.1 Å². The number of amides is 1. The van der Waals surface area contributed by atoms with Crippen molar-refractivity contribution in [3.05, 3.63) is 29.8 Å². The Balaban J connectivity index is 1.67. The molecule has 1 aromatic rings. The molecule has 0 aliphatic carbocycles. The SMILES string of the molecule is CC(C)Oc1ccc(CCNC(=O)CN2CCC(C)C(O)C2)cc1. The van der Waals surface area contributed by atoms with E-state index >= 15 is 0 Å². The number of aliphatic hydroxyl groups is 1. The number of ether oxygens (including phenoxy) is 1. The second-order valence-electron chi connectivity index (χ2n) is 6.98. The lowest BCUT2D eigenvalue weighted by atomic mass is 9.96. The van der Waals surface area contributed by atoms with Gasteiger partial charge in [0.2, 0.25) is 5.91 Å². The van der Waals surface area contributed by atoms with Crippen molar-refractivity contribution in [3.63, 3.8) is 0 Å². The summed E-state index contributed by atoms with van der Waals surface area (Å²) in [5.74, 6) is 1.22. The second kappa shape index (κ2) is 9.04. The maximum absolute atomic E-state index is 12.0. The first kappa shape index (κ1) is 18.7. The molecule has 134 valence electrons. The van der Waals surface area contributed by atoms with Crippen LogP contribution in [0.5, 0.6) is 5.75 Å². The monoisotopic (exact) mass is 334 g/mol. The van der Waals surface area contributed by atoms with Crippen LogP contribution in [0.1, 0.15) is 32.8 Å². The van der Waals surface area contributed by atoms with Crippen LogP contribution in [0.15, 0.2) is 24.3 Å². The number of piperidine rings is 1. The van der Waals surface area contributed by atoms with E-state index in [1.54, 1.807) is 0 Å². The summed E-state index contributed by atoms with van der Waals surface area (Å²) in [6.45, 7) is 8.52. The molecule has 2 rings (SSSR count). The van der Waals surface area contributed by atoms with Gasteiger partial charge in [-0.2, -0.15) is 0 Å². The average molecular weight is 334 g/mol. The maximum atomic E-state index is 12.0. The highest BCUT2D eigenvalue weighted by atomic mass is 16.5. The lowest BCUT2D eigenvalue weighted by Gasteiger charge is -2.33. The van der Waals surface area contributed by atoms with Crippen molar-refractivity contribution >= 4 is 5.91 Å². The summed E-state index contributed by atoms with van der Waals surface area (Å²) in [5, 5.41) is 12.8. The summed E-state index contributed by atoms with van der Waals surface area (Å²) < 4.78 is 5.62. The molecule has 5 heteroatoms. The summed E-state index contributed by atoms with van der Waals surface area (Å²) >= 11 is 0. The molecule has 1 aliphatic rings. The van der Waals surface area contributed by atoms with Crippen LogP contribution in [-0.4, -0.2) is 54.3 Å². The molecule has 0 bridgehead atoms. The van der Waals surface area contributed by atoms with Gasteiger partial charge in [-0.1, -0.05) is 19.1 Å². The molecule has 24 heavy (non-hydrogen) atoms. The van der Waals surface area contributed by atoms with E-state index in [0.717, 1.165) is 25.1 Å². The standard InChI is InChI=1S/C19H30N2O3/c1-14(2)24-17-6-4-16(5-7-17)8-10-20-19(23)13-21-11-9-15(3)18(22)12-21/h4-7,14-15,18,22H,8-13H2,1-3H3,(H,20,23). The summed E-state index contributed by atoms with van der Waals surface area (Å²) in [6, 6.07) is 8.00. The summed E-state index contributed by atoms with van der Waals surface area (Å²) in [6.07, 6.45) is 1.59. The summed E-state index contributed by atoms with van der Waals surface area (Å²) in [5.41, 5.74) is 1.17. The summed E-state index contributed by atoms with van der Waals surface area (Å²) in [7, 11) is 0. The molecule has 1 aliphatic heterocycles. The van der Waals surface area contributed by atoms with Gasteiger partial charge in [0.05, 0.1) is 18.8 Å². The molecular formula is C19H30N2O3. The van der Waals surface area contributed by atoms with Crippen molar-refractivity contribution in [2.75, 3.05) is 26.2 Å². The lowest BCUT2D eigenvalue weighted by Crippen LogP contribution is -2.47. The van der Waals surface area contributed by atoms with Gasteiger partial charge < -0.3 is 15.2 Å². The van der Waals surface area contributed by atoms with Crippen LogP contribution < -0.4 is 10.1 Å². The second-order valence-corrected chi connectivity index (χ2v) is 6.98.